The highest BCUT2D eigenvalue weighted by molar-refractivity contribution is 7.99. The predicted octanol–water partition coefficient (Wildman–Crippen LogP) is 2.01. The van der Waals surface area contributed by atoms with Gasteiger partial charge in [0, 0.05) is 22.8 Å². The quantitative estimate of drug-likeness (QED) is 0.751. The standard InChI is InChI=1S/C10H14N2O2S/c1-7(2-5-10(13)14)15-8-3-4-9(11)12-6-8/h3-4,6-7H,2,5H2,1H3,(H2,11,12)(H,13,14). The van der Waals surface area contributed by atoms with Crippen LogP contribution < -0.4 is 5.73 Å². The molecule has 0 bridgehead atoms. The molecule has 0 aliphatic carbocycles. The molecular weight excluding hydrogens is 212 g/mol. The molecule has 0 amide bonds. The molecule has 5 heteroatoms. The Morgan fingerprint density at radius 2 is 2.40 bits per heavy atom. The first kappa shape index (κ1) is 11.8. The van der Waals surface area contributed by atoms with Crippen LogP contribution in [0.2, 0.25) is 0 Å². The second-order valence-corrected chi connectivity index (χ2v) is 4.79. The van der Waals surface area contributed by atoms with E-state index >= 15 is 0 Å². The van der Waals surface area contributed by atoms with E-state index in [1.165, 1.54) is 0 Å². The topological polar surface area (TPSA) is 76.2 Å². The summed E-state index contributed by atoms with van der Waals surface area (Å²) in [5.74, 6) is -0.254. The number of rotatable bonds is 5. The van der Waals surface area contributed by atoms with Crippen molar-refractivity contribution in [3.05, 3.63) is 18.3 Å². The molecule has 82 valence electrons. The Morgan fingerprint density at radius 3 is 2.93 bits per heavy atom. The van der Waals surface area contributed by atoms with Gasteiger partial charge < -0.3 is 10.8 Å². The van der Waals surface area contributed by atoms with Gasteiger partial charge in [0.05, 0.1) is 0 Å². The average molecular weight is 226 g/mol. The lowest BCUT2D eigenvalue weighted by molar-refractivity contribution is -0.137. The summed E-state index contributed by atoms with van der Waals surface area (Å²) in [5, 5.41) is 8.80. The summed E-state index contributed by atoms with van der Waals surface area (Å²) < 4.78 is 0. The zero-order valence-corrected chi connectivity index (χ0v) is 9.33. The summed E-state index contributed by atoms with van der Waals surface area (Å²) in [6.45, 7) is 2.00. The third-order valence-corrected chi connectivity index (χ3v) is 3.01. The van der Waals surface area contributed by atoms with Gasteiger partial charge in [0.1, 0.15) is 5.82 Å². The number of anilines is 1. The minimum Gasteiger partial charge on any atom is -0.481 e. The molecule has 3 N–H and O–H groups in total. The van der Waals surface area contributed by atoms with Crippen LogP contribution in [0.1, 0.15) is 19.8 Å². The third-order valence-electron chi connectivity index (χ3n) is 1.86. The number of aliphatic carboxylic acids is 1. The minimum absolute atomic E-state index is 0.205. The number of nitrogens with zero attached hydrogens (tertiary/aromatic N) is 1. The molecule has 1 atom stereocenters. The molecule has 0 aliphatic rings. The number of pyridine rings is 1. The predicted molar refractivity (Wildman–Crippen MR) is 60.8 cm³/mol. The van der Waals surface area contributed by atoms with Crippen molar-refractivity contribution in [2.24, 2.45) is 0 Å². The van der Waals surface area contributed by atoms with E-state index in [1.807, 2.05) is 13.0 Å². The third kappa shape index (κ3) is 4.69. The maximum absolute atomic E-state index is 10.4. The second-order valence-electron chi connectivity index (χ2n) is 3.28. The molecule has 1 aromatic rings. The van der Waals surface area contributed by atoms with Gasteiger partial charge in [-0.15, -0.1) is 11.8 Å². The molecule has 0 aliphatic heterocycles. The van der Waals surface area contributed by atoms with E-state index in [0.29, 0.717) is 12.2 Å². The summed E-state index contributed by atoms with van der Waals surface area (Å²) in [5.41, 5.74) is 5.46. The van der Waals surface area contributed by atoms with Crippen LogP contribution in [-0.2, 0) is 4.79 Å². The number of carbonyl (C=O) groups is 1. The van der Waals surface area contributed by atoms with Crippen LogP contribution in [0.15, 0.2) is 23.2 Å². The molecule has 4 nitrogen and oxygen atoms in total. The normalized spacial score (nSPS) is 12.3. The first-order chi connectivity index (χ1) is 7.08. The van der Waals surface area contributed by atoms with Crippen molar-refractivity contribution >= 4 is 23.5 Å². The van der Waals surface area contributed by atoms with E-state index in [4.69, 9.17) is 10.8 Å². The molecule has 1 heterocycles. The Balaban J connectivity index is 2.40. The fraction of sp³-hybridized carbons (Fsp3) is 0.400. The highest BCUT2D eigenvalue weighted by Crippen LogP contribution is 2.25. The van der Waals surface area contributed by atoms with Crippen molar-refractivity contribution < 1.29 is 9.90 Å². The summed E-state index contributed by atoms with van der Waals surface area (Å²) in [6, 6.07) is 3.64. The molecule has 1 aromatic heterocycles. The van der Waals surface area contributed by atoms with Gasteiger partial charge in [0.2, 0.25) is 0 Å². The zero-order valence-electron chi connectivity index (χ0n) is 8.51. The lowest BCUT2D eigenvalue weighted by Gasteiger charge is -2.09. The molecule has 1 unspecified atom stereocenters. The SMILES string of the molecule is CC(CCC(=O)O)Sc1ccc(N)nc1. The minimum atomic E-state index is -0.752. The maximum Gasteiger partial charge on any atom is 0.303 e. The van der Waals surface area contributed by atoms with Gasteiger partial charge in [0.25, 0.3) is 0 Å². The summed E-state index contributed by atoms with van der Waals surface area (Å²) in [6.07, 6.45) is 2.57. The molecule has 0 radical (unpaired) electrons. The van der Waals surface area contributed by atoms with Gasteiger partial charge >= 0.3 is 5.97 Å². The number of aromatic nitrogens is 1. The largest absolute Gasteiger partial charge is 0.481 e. The number of hydrogen-bond acceptors (Lipinski definition) is 4. The van der Waals surface area contributed by atoms with Crippen LogP contribution in [0.25, 0.3) is 0 Å². The van der Waals surface area contributed by atoms with E-state index in [0.717, 1.165) is 4.90 Å². The Kier molecular flexibility index (Phi) is 4.42. The first-order valence-corrected chi connectivity index (χ1v) is 5.56. The van der Waals surface area contributed by atoms with Gasteiger partial charge in [0.15, 0.2) is 0 Å². The zero-order chi connectivity index (χ0) is 11.3. The summed E-state index contributed by atoms with van der Waals surface area (Å²) in [4.78, 5) is 15.3. The van der Waals surface area contributed by atoms with Crippen molar-refractivity contribution in [3.8, 4) is 0 Å². The van der Waals surface area contributed by atoms with Crippen LogP contribution in [0.5, 0.6) is 0 Å². The van der Waals surface area contributed by atoms with Crippen molar-refractivity contribution in [2.45, 2.75) is 29.9 Å². The fourth-order valence-corrected chi connectivity index (χ4v) is 2.04. The van der Waals surface area contributed by atoms with Crippen molar-refractivity contribution in [1.82, 2.24) is 4.98 Å². The molecule has 0 saturated carbocycles. The number of nitrogen functional groups attached to an aromatic ring is 1. The fourth-order valence-electron chi connectivity index (χ4n) is 1.08. The van der Waals surface area contributed by atoms with Gasteiger partial charge in [-0.3, -0.25) is 4.79 Å². The molecular formula is C10H14N2O2S. The molecule has 15 heavy (non-hydrogen) atoms. The van der Waals surface area contributed by atoms with E-state index in [1.54, 1.807) is 24.0 Å². The molecule has 0 fully saturated rings. The molecule has 0 saturated heterocycles. The lowest BCUT2D eigenvalue weighted by Crippen LogP contribution is -2.02. The smallest absolute Gasteiger partial charge is 0.303 e. The number of hydrogen-bond donors (Lipinski definition) is 2. The average Bonchev–Trinajstić information content (AvgIpc) is 2.19. The monoisotopic (exact) mass is 226 g/mol. The van der Waals surface area contributed by atoms with Gasteiger partial charge in [-0.05, 0) is 18.6 Å². The lowest BCUT2D eigenvalue weighted by atomic mass is 10.2. The number of nitrogens with two attached hydrogens (primary N) is 1. The molecule has 1 rings (SSSR count). The van der Waals surface area contributed by atoms with Gasteiger partial charge in [-0.2, -0.15) is 0 Å². The van der Waals surface area contributed by atoms with Crippen molar-refractivity contribution in [2.75, 3.05) is 5.73 Å². The van der Waals surface area contributed by atoms with Gasteiger partial charge in [-0.1, -0.05) is 6.92 Å². The van der Waals surface area contributed by atoms with Crippen LogP contribution >= 0.6 is 11.8 Å². The molecule has 0 spiro atoms. The number of thioether (sulfide) groups is 1. The Bertz CT molecular complexity index is 327. The van der Waals surface area contributed by atoms with Crippen LogP contribution in [0.4, 0.5) is 5.82 Å². The van der Waals surface area contributed by atoms with Crippen LogP contribution in [-0.4, -0.2) is 21.3 Å². The number of carboxylic acid groups (broad SMARTS) is 1. The van der Waals surface area contributed by atoms with Crippen LogP contribution in [0.3, 0.4) is 0 Å². The molecule has 0 aromatic carbocycles. The second kappa shape index (κ2) is 5.60. The maximum atomic E-state index is 10.4. The van der Waals surface area contributed by atoms with E-state index in [9.17, 15) is 4.79 Å². The van der Waals surface area contributed by atoms with Gasteiger partial charge in [-0.25, -0.2) is 4.98 Å². The summed E-state index contributed by atoms with van der Waals surface area (Å²) >= 11 is 1.61. The number of carboxylic acids is 1. The summed E-state index contributed by atoms with van der Waals surface area (Å²) in [7, 11) is 0. The highest BCUT2D eigenvalue weighted by atomic mass is 32.2. The van der Waals surface area contributed by atoms with E-state index in [-0.39, 0.29) is 11.7 Å². The highest BCUT2D eigenvalue weighted by Gasteiger charge is 2.07. The van der Waals surface area contributed by atoms with Crippen molar-refractivity contribution in [3.63, 3.8) is 0 Å². The van der Waals surface area contributed by atoms with Crippen LogP contribution in [0, 0.1) is 0 Å². The first-order valence-electron chi connectivity index (χ1n) is 4.68. The Hall–Kier alpha value is -1.23. The van der Waals surface area contributed by atoms with Crippen molar-refractivity contribution in [1.29, 1.82) is 0 Å². The van der Waals surface area contributed by atoms with E-state index in [2.05, 4.69) is 4.98 Å². The Morgan fingerprint density at radius 1 is 1.67 bits per heavy atom. The van der Waals surface area contributed by atoms with E-state index < -0.39 is 5.97 Å². The Labute approximate surface area is 92.9 Å².